The second-order valence-corrected chi connectivity index (χ2v) is 7.29. The fraction of sp³-hybridized carbons (Fsp3) is 0.500. The van der Waals surface area contributed by atoms with Crippen LogP contribution in [0.5, 0.6) is 0 Å². The second kappa shape index (κ2) is 7.43. The first-order valence-electron chi connectivity index (χ1n) is 8.68. The molecule has 0 radical (unpaired) electrons. The van der Waals surface area contributed by atoms with Crippen molar-refractivity contribution in [3.8, 4) is 0 Å². The molecule has 0 saturated carbocycles. The number of aromatic amines is 2. The summed E-state index contributed by atoms with van der Waals surface area (Å²) >= 11 is 0. The first-order chi connectivity index (χ1) is 12.4. The third kappa shape index (κ3) is 3.86. The van der Waals surface area contributed by atoms with Crippen LogP contribution in [0.15, 0.2) is 27.8 Å². The van der Waals surface area contributed by atoms with E-state index in [9.17, 15) is 19.5 Å². The number of nitrogens with one attached hydrogen (secondary N) is 2. The summed E-state index contributed by atoms with van der Waals surface area (Å²) in [5.41, 5.74) is -0.122. The average Bonchev–Trinajstić information content (AvgIpc) is 2.60. The summed E-state index contributed by atoms with van der Waals surface area (Å²) in [7, 11) is 3.99. The van der Waals surface area contributed by atoms with Crippen LogP contribution in [0.3, 0.4) is 0 Å². The van der Waals surface area contributed by atoms with E-state index in [0.29, 0.717) is 35.6 Å². The van der Waals surface area contributed by atoms with Gasteiger partial charge in [-0.25, -0.2) is 0 Å². The first kappa shape index (κ1) is 18.3. The SMILES string of the molecule is CN(C)C[C@H]1C[C@@H](CO)CN(C(=O)c2ccc3[nH]c(=O)c(=O)[nH]c3c2)C1. The maximum Gasteiger partial charge on any atom is 0.314 e. The van der Waals surface area contributed by atoms with Crippen molar-refractivity contribution in [2.24, 2.45) is 11.8 Å². The van der Waals surface area contributed by atoms with Gasteiger partial charge in [0.15, 0.2) is 0 Å². The Morgan fingerprint density at radius 3 is 2.46 bits per heavy atom. The predicted molar refractivity (Wildman–Crippen MR) is 98.3 cm³/mol. The van der Waals surface area contributed by atoms with Crippen LogP contribution in [-0.2, 0) is 0 Å². The highest BCUT2D eigenvalue weighted by molar-refractivity contribution is 5.97. The van der Waals surface area contributed by atoms with Gasteiger partial charge in [-0.1, -0.05) is 0 Å². The van der Waals surface area contributed by atoms with E-state index in [1.165, 1.54) is 0 Å². The van der Waals surface area contributed by atoms with Gasteiger partial charge < -0.3 is 24.9 Å². The van der Waals surface area contributed by atoms with Gasteiger partial charge in [0.1, 0.15) is 0 Å². The molecule has 8 heteroatoms. The standard InChI is InChI=1S/C18H24N4O4/c1-21(2)7-11-5-12(10-23)9-22(8-11)18(26)13-3-4-14-15(6-13)20-17(25)16(24)19-14/h3-4,6,11-12,23H,5,7-10H2,1-2H3,(H,19,24)(H,20,25)/t11-,12-/m1/s1. The molecular formula is C18H24N4O4. The number of aliphatic hydroxyl groups excluding tert-OH is 1. The number of aliphatic hydroxyl groups is 1. The summed E-state index contributed by atoms with van der Waals surface area (Å²) in [6.45, 7) is 2.06. The highest BCUT2D eigenvalue weighted by Crippen LogP contribution is 2.24. The predicted octanol–water partition coefficient (Wildman–Crippen LogP) is -0.151. The minimum atomic E-state index is -0.744. The van der Waals surface area contributed by atoms with E-state index in [4.69, 9.17) is 0 Å². The number of carbonyl (C=O) groups excluding carboxylic acids is 1. The zero-order valence-electron chi connectivity index (χ0n) is 15.0. The maximum absolute atomic E-state index is 13.0. The summed E-state index contributed by atoms with van der Waals surface area (Å²) in [5, 5.41) is 9.59. The molecule has 0 spiro atoms. The van der Waals surface area contributed by atoms with Gasteiger partial charge in [0.2, 0.25) is 0 Å². The molecule has 0 unspecified atom stereocenters. The lowest BCUT2D eigenvalue weighted by atomic mass is 9.89. The zero-order valence-corrected chi connectivity index (χ0v) is 15.0. The Morgan fingerprint density at radius 2 is 1.81 bits per heavy atom. The molecule has 0 aliphatic carbocycles. The van der Waals surface area contributed by atoms with Crippen LogP contribution in [-0.4, -0.2) is 71.1 Å². The second-order valence-electron chi connectivity index (χ2n) is 7.29. The van der Waals surface area contributed by atoms with Crippen LogP contribution in [0.4, 0.5) is 0 Å². The highest BCUT2D eigenvalue weighted by atomic mass is 16.3. The van der Waals surface area contributed by atoms with Crippen LogP contribution in [0.2, 0.25) is 0 Å². The number of hydrogen-bond acceptors (Lipinski definition) is 5. The molecule has 140 valence electrons. The van der Waals surface area contributed by atoms with E-state index in [1.807, 2.05) is 14.1 Å². The monoisotopic (exact) mass is 360 g/mol. The number of likely N-dealkylation sites (tertiary alicyclic amines) is 1. The smallest absolute Gasteiger partial charge is 0.314 e. The summed E-state index contributed by atoms with van der Waals surface area (Å²) in [4.78, 5) is 44.7. The van der Waals surface area contributed by atoms with E-state index in [1.54, 1.807) is 23.1 Å². The first-order valence-corrected chi connectivity index (χ1v) is 8.68. The van der Waals surface area contributed by atoms with Gasteiger partial charge in [0, 0.05) is 31.8 Å². The van der Waals surface area contributed by atoms with Gasteiger partial charge in [0.05, 0.1) is 11.0 Å². The Labute approximate surface area is 150 Å². The van der Waals surface area contributed by atoms with E-state index < -0.39 is 11.1 Å². The minimum absolute atomic E-state index is 0.0555. The van der Waals surface area contributed by atoms with Gasteiger partial charge in [0.25, 0.3) is 5.91 Å². The van der Waals surface area contributed by atoms with E-state index in [-0.39, 0.29) is 18.4 Å². The maximum atomic E-state index is 13.0. The summed E-state index contributed by atoms with van der Waals surface area (Å²) in [5.74, 6) is 0.228. The zero-order chi connectivity index (χ0) is 18.8. The van der Waals surface area contributed by atoms with E-state index in [2.05, 4.69) is 14.9 Å². The molecule has 26 heavy (non-hydrogen) atoms. The van der Waals surface area contributed by atoms with Crippen molar-refractivity contribution in [3.05, 3.63) is 44.5 Å². The molecule has 2 aromatic rings. The molecule has 1 saturated heterocycles. The normalized spacial score (nSPS) is 20.7. The summed E-state index contributed by atoms with van der Waals surface area (Å²) < 4.78 is 0. The quantitative estimate of drug-likeness (QED) is 0.657. The van der Waals surface area contributed by atoms with Crippen molar-refractivity contribution in [2.45, 2.75) is 6.42 Å². The number of nitrogens with zero attached hydrogens (tertiary/aromatic N) is 2. The number of rotatable bonds is 4. The molecule has 1 fully saturated rings. The van der Waals surface area contributed by atoms with Gasteiger partial charge in [-0.15, -0.1) is 0 Å². The van der Waals surface area contributed by atoms with Crippen molar-refractivity contribution in [2.75, 3.05) is 40.3 Å². The lowest BCUT2D eigenvalue weighted by Gasteiger charge is -2.38. The van der Waals surface area contributed by atoms with Gasteiger partial charge in [-0.3, -0.25) is 14.4 Å². The fourth-order valence-corrected chi connectivity index (χ4v) is 3.70. The Morgan fingerprint density at radius 1 is 1.15 bits per heavy atom. The molecule has 1 amide bonds. The van der Waals surface area contributed by atoms with Gasteiger partial charge in [-0.05, 0) is 50.6 Å². The number of H-pyrrole nitrogens is 2. The van der Waals surface area contributed by atoms with Crippen LogP contribution in [0.25, 0.3) is 11.0 Å². The topological polar surface area (TPSA) is 110 Å². The molecular weight excluding hydrogens is 336 g/mol. The van der Waals surface area contributed by atoms with Crippen molar-refractivity contribution < 1.29 is 9.90 Å². The molecule has 1 aliphatic heterocycles. The minimum Gasteiger partial charge on any atom is -0.396 e. The Balaban J connectivity index is 1.87. The molecule has 0 bridgehead atoms. The number of benzene rings is 1. The van der Waals surface area contributed by atoms with E-state index >= 15 is 0 Å². The van der Waals surface area contributed by atoms with E-state index in [0.717, 1.165) is 13.0 Å². The molecule has 8 nitrogen and oxygen atoms in total. The number of piperidine rings is 1. The van der Waals surface area contributed by atoms with Crippen molar-refractivity contribution in [1.82, 2.24) is 19.8 Å². The number of fused-ring (bicyclic) bond motifs is 1. The number of amides is 1. The average molecular weight is 360 g/mol. The molecule has 1 aromatic carbocycles. The molecule has 2 atom stereocenters. The fourth-order valence-electron chi connectivity index (χ4n) is 3.70. The van der Waals surface area contributed by atoms with Crippen molar-refractivity contribution in [3.63, 3.8) is 0 Å². The summed E-state index contributed by atoms with van der Waals surface area (Å²) in [6.07, 6.45) is 0.894. The number of aromatic nitrogens is 2. The molecule has 3 N–H and O–H groups in total. The third-order valence-electron chi connectivity index (χ3n) is 4.76. The van der Waals surface area contributed by atoms with Gasteiger partial charge in [-0.2, -0.15) is 0 Å². The Bertz CT molecular complexity index is 917. The molecule has 3 rings (SSSR count). The third-order valence-corrected chi connectivity index (χ3v) is 4.76. The lowest BCUT2D eigenvalue weighted by Crippen LogP contribution is -2.47. The molecule has 2 heterocycles. The Kier molecular flexibility index (Phi) is 5.24. The van der Waals surface area contributed by atoms with Crippen molar-refractivity contribution >= 4 is 16.9 Å². The van der Waals surface area contributed by atoms with Gasteiger partial charge >= 0.3 is 11.1 Å². The van der Waals surface area contributed by atoms with Crippen LogP contribution in [0, 0.1) is 11.8 Å². The summed E-state index contributed by atoms with van der Waals surface area (Å²) in [6, 6.07) is 4.84. The number of carbonyl (C=O) groups is 1. The molecule has 1 aliphatic rings. The largest absolute Gasteiger partial charge is 0.396 e. The van der Waals surface area contributed by atoms with Crippen LogP contribution < -0.4 is 11.1 Å². The highest BCUT2D eigenvalue weighted by Gasteiger charge is 2.30. The number of hydrogen-bond donors (Lipinski definition) is 3. The van der Waals surface area contributed by atoms with Crippen molar-refractivity contribution in [1.29, 1.82) is 0 Å². The Hall–Kier alpha value is -2.45. The lowest BCUT2D eigenvalue weighted by molar-refractivity contribution is 0.0478. The van der Waals surface area contributed by atoms with Crippen LogP contribution in [0.1, 0.15) is 16.8 Å². The molecule has 1 aromatic heterocycles. The van der Waals surface area contributed by atoms with Crippen LogP contribution >= 0.6 is 0 Å².